The van der Waals surface area contributed by atoms with E-state index in [4.69, 9.17) is 14.2 Å². The molecule has 178 valence electrons. The van der Waals surface area contributed by atoms with Crippen molar-refractivity contribution in [3.05, 3.63) is 101 Å². The van der Waals surface area contributed by atoms with Crippen molar-refractivity contribution in [2.45, 2.75) is 20.5 Å². The van der Waals surface area contributed by atoms with Gasteiger partial charge in [-0.15, -0.1) is 0 Å². The number of hydrogen-bond donors (Lipinski definition) is 1. The van der Waals surface area contributed by atoms with E-state index in [0.29, 0.717) is 18.1 Å². The fourth-order valence-corrected chi connectivity index (χ4v) is 3.79. The zero-order valence-electron chi connectivity index (χ0n) is 20.1. The molecule has 0 atom stereocenters. The summed E-state index contributed by atoms with van der Waals surface area (Å²) in [6.45, 7) is 4.19. The molecule has 0 aliphatic carbocycles. The first-order chi connectivity index (χ1) is 17.0. The van der Waals surface area contributed by atoms with Gasteiger partial charge in [-0.1, -0.05) is 36.4 Å². The molecule has 1 amide bonds. The standard InChI is InChI=1S/C29H28N2O4/c1-20-12-21(2)14-27(13-20)35-19-29(32)31-30-17-22-8-11-28(33-3)25(15-22)18-34-26-10-9-23-6-4-5-7-24(23)16-26/h4-17H,18-19H2,1-3H3,(H,31,32)/b30-17+. The molecule has 6 heteroatoms. The lowest BCUT2D eigenvalue weighted by Crippen LogP contribution is -2.24. The third kappa shape index (κ3) is 6.60. The Morgan fingerprint density at radius 1 is 0.857 bits per heavy atom. The summed E-state index contributed by atoms with van der Waals surface area (Å²) in [6, 6.07) is 25.6. The molecule has 0 aromatic heterocycles. The first-order valence-electron chi connectivity index (χ1n) is 11.3. The van der Waals surface area contributed by atoms with Gasteiger partial charge in [-0.3, -0.25) is 4.79 Å². The Morgan fingerprint density at radius 2 is 1.63 bits per heavy atom. The molecule has 0 radical (unpaired) electrons. The predicted octanol–water partition coefficient (Wildman–Crippen LogP) is 5.57. The number of fused-ring (bicyclic) bond motifs is 1. The van der Waals surface area contributed by atoms with Crippen molar-refractivity contribution in [2.75, 3.05) is 13.7 Å². The summed E-state index contributed by atoms with van der Waals surface area (Å²) in [5.74, 6) is 1.82. The molecule has 6 nitrogen and oxygen atoms in total. The summed E-state index contributed by atoms with van der Waals surface area (Å²) >= 11 is 0. The zero-order chi connectivity index (χ0) is 24.6. The number of methoxy groups -OCH3 is 1. The monoisotopic (exact) mass is 468 g/mol. The van der Waals surface area contributed by atoms with E-state index in [-0.39, 0.29) is 12.5 Å². The molecule has 4 aromatic rings. The Bertz CT molecular complexity index is 1340. The summed E-state index contributed by atoms with van der Waals surface area (Å²) in [7, 11) is 1.62. The summed E-state index contributed by atoms with van der Waals surface area (Å²) < 4.78 is 17.1. The molecule has 0 heterocycles. The van der Waals surface area contributed by atoms with Gasteiger partial charge in [0, 0.05) is 5.56 Å². The summed E-state index contributed by atoms with van der Waals surface area (Å²) in [5, 5.41) is 6.34. The lowest BCUT2D eigenvalue weighted by atomic mass is 10.1. The molecule has 0 unspecified atom stereocenters. The van der Waals surface area contributed by atoms with Gasteiger partial charge in [-0.05, 0) is 83.8 Å². The second-order valence-corrected chi connectivity index (χ2v) is 8.27. The number of benzene rings is 4. The van der Waals surface area contributed by atoms with E-state index in [2.05, 4.69) is 22.7 Å². The Balaban J connectivity index is 1.35. The lowest BCUT2D eigenvalue weighted by molar-refractivity contribution is -0.123. The second-order valence-electron chi connectivity index (χ2n) is 8.27. The molecule has 4 aromatic carbocycles. The quantitative estimate of drug-likeness (QED) is 0.257. The van der Waals surface area contributed by atoms with Gasteiger partial charge in [0.25, 0.3) is 5.91 Å². The number of hydrogen-bond acceptors (Lipinski definition) is 5. The van der Waals surface area contributed by atoms with Crippen molar-refractivity contribution in [1.82, 2.24) is 5.43 Å². The minimum absolute atomic E-state index is 0.117. The van der Waals surface area contributed by atoms with Gasteiger partial charge in [0.05, 0.1) is 13.3 Å². The third-order valence-corrected chi connectivity index (χ3v) is 5.39. The predicted molar refractivity (Wildman–Crippen MR) is 138 cm³/mol. The summed E-state index contributed by atoms with van der Waals surface area (Å²) in [4.78, 5) is 12.1. The van der Waals surface area contributed by atoms with Crippen LogP contribution in [0.5, 0.6) is 17.2 Å². The van der Waals surface area contributed by atoms with Crippen molar-refractivity contribution in [3.8, 4) is 17.2 Å². The van der Waals surface area contributed by atoms with Gasteiger partial charge < -0.3 is 14.2 Å². The largest absolute Gasteiger partial charge is 0.496 e. The van der Waals surface area contributed by atoms with Gasteiger partial charge >= 0.3 is 0 Å². The SMILES string of the molecule is COc1ccc(/C=N/NC(=O)COc2cc(C)cc(C)c2)cc1COc1ccc2ccccc2c1. The van der Waals surface area contributed by atoms with Gasteiger partial charge in [0.15, 0.2) is 6.61 Å². The van der Waals surface area contributed by atoms with Crippen LogP contribution in [-0.2, 0) is 11.4 Å². The van der Waals surface area contributed by atoms with E-state index in [9.17, 15) is 4.79 Å². The molecule has 35 heavy (non-hydrogen) atoms. The topological polar surface area (TPSA) is 69.2 Å². The van der Waals surface area contributed by atoms with E-state index >= 15 is 0 Å². The van der Waals surface area contributed by atoms with Crippen molar-refractivity contribution in [2.24, 2.45) is 5.10 Å². The van der Waals surface area contributed by atoms with Crippen LogP contribution in [0.15, 0.2) is 84.0 Å². The minimum Gasteiger partial charge on any atom is -0.496 e. The highest BCUT2D eigenvalue weighted by molar-refractivity contribution is 5.84. The van der Waals surface area contributed by atoms with Gasteiger partial charge in [0.2, 0.25) is 0 Å². The van der Waals surface area contributed by atoms with Crippen LogP contribution in [-0.4, -0.2) is 25.8 Å². The van der Waals surface area contributed by atoms with Crippen LogP contribution in [0.4, 0.5) is 0 Å². The number of rotatable bonds is 9. The third-order valence-electron chi connectivity index (χ3n) is 5.39. The summed E-state index contributed by atoms with van der Waals surface area (Å²) in [6.07, 6.45) is 1.58. The van der Waals surface area contributed by atoms with Crippen LogP contribution in [0.3, 0.4) is 0 Å². The number of aryl methyl sites for hydroxylation is 2. The van der Waals surface area contributed by atoms with Crippen molar-refractivity contribution in [3.63, 3.8) is 0 Å². The molecule has 0 saturated heterocycles. The molecular weight excluding hydrogens is 440 g/mol. The maximum atomic E-state index is 12.1. The van der Waals surface area contributed by atoms with E-state index in [1.165, 1.54) is 0 Å². The fraction of sp³-hybridized carbons (Fsp3) is 0.172. The Kier molecular flexibility index (Phi) is 7.63. The van der Waals surface area contributed by atoms with Gasteiger partial charge in [0.1, 0.15) is 23.9 Å². The molecular formula is C29H28N2O4. The molecule has 0 bridgehead atoms. The van der Waals surface area contributed by atoms with Gasteiger partial charge in [-0.2, -0.15) is 5.10 Å². The first-order valence-corrected chi connectivity index (χ1v) is 11.3. The molecule has 0 aliphatic heterocycles. The number of nitrogens with zero attached hydrogens (tertiary/aromatic N) is 1. The van der Waals surface area contributed by atoms with E-state index in [0.717, 1.165) is 38.8 Å². The van der Waals surface area contributed by atoms with Gasteiger partial charge in [-0.25, -0.2) is 5.43 Å². The number of nitrogens with one attached hydrogen (secondary N) is 1. The lowest BCUT2D eigenvalue weighted by Gasteiger charge is -2.12. The number of hydrazone groups is 1. The molecule has 0 aliphatic rings. The number of amides is 1. The van der Waals surface area contributed by atoms with Crippen LogP contribution in [0.25, 0.3) is 10.8 Å². The Hall–Kier alpha value is -4.32. The van der Waals surface area contributed by atoms with Crippen molar-refractivity contribution >= 4 is 22.9 Å². The highest BCUT2D eigenvalue weighted by atomic mass is 16.5. The highest BCUT2D eigenvalue weighted by Gasteiger charge is 2.07. The Morgan fingerprint density at radius 3 is 2.40 bits per heavy atom. The molecule has 0 fully saturated rings. The smallest absolute Gasteiger partial charge is 0.277 e. The van der Waals surface area contributed by atoms with E-state index in [1.807, 2.05) is 80.6 Å². The fourth-order valence-electron chi connectivity index (χ4n) is 3.79. The zero-order valence-corrected chi connectivity index (χ0v) is 20.1. The maximum absolute atomic E-state index is 12.1. The van der Waals surface area contributed by atoms with Crippen LogP contribution in [0.2, 0.25) is 0 Å². The summed E-state index contributed by atoms with van der Waals surface area (Å²) in [5.41, 5.74) is 6.33. The molecule has 0 saturated carbocycles. The second kappa shape index (κ2) is 11.2. The number of carbonyl (C=O) groups is 1. The average Bonchev–Trinajstić information content (AvgIpc) is 2.85. The average molecular weight is 469 g/mol. The normalized spacial score (nSPS) is 10.9. The van der Waals surface area contributed by atoms with Crippen LogP contribution in [0, 0.1) is 13.8 Å². The van der Waals surface area contributed by atoms with Crippen molar-refractivity contribution in [1.29, 1.82) is 0 Å². The first kappa shape index (κ1) is 23.8. The maximum Gasteiger partial charge on any atom is 0.277 e. The van der Waals surface area contributed by atoms with E-state index in [1.54, 1.807) is 13.3 Å². The Labute approximate surface area is 205 Å². The number of carbonyl (C=O) groups excluding carboxylic acids is 1. The van der Waals surface area contributed by atoms with Crippen LogP contribution < -0.4 is 19.6 Å². The van der Waals surface area contributed by atoms with E-state index < -0.39 is 0 Å². The van der Waals surface area contributed by atoms with Crippen LogP contribution in [0.1, 0.15) is 22.3 Å². The van der Waals surface area contributed by atoms with Crippen LogP contribution >= 0.6 is 0 Å². The number of ether oxygens (including phenoxy) is 3. The van der Waals surface area contributed by atoms with Crippen molar-refractivity contribution < 1.29 is 19.0 Å². The highest BCUT2D eigenvalue weighted by Crippen LogP contribution is 2.24. The minimum atomic E-state index is -0.339. The molecule has 1 N–H and O–H groups in total. The molecule has 4 rings (SSSR count). The molecule has 0 spiro atoms.